The van der Waals surface area contributed by atoms with Crippen molar-refractivity contribution in [3.63, 3.8) is 0 Å². The van der Waals surface area contributed by atoms with Crippen LogP contribution in [-0.4, -0.2) is 37.5 Å². The zero-order valence-corrected chi connectivity index (χ0v) is 20.3. The first-order valence-corrected chi connectivity index (χ1v) is 11.8. The van der Waals surface area contributed by atoms with Crippen LogP contribution in [0.2, 0.25) is 5.02 Å². The van der Waals surface area contributed by atoms with Gasteiger partial charge >= 0.3 is 5.97 Å². The molecule has 0 unspecified atom stereocenters. The fourth-order valence-electron chi connectivity index (χ4n) is 4.61. The third-order valence-electron chi connectivity index (χ3n) is 6.49. The van der Waals surface area contributed by atoms with E-state index in [1.807, 2.05) is 0 Å². The van der Waals surface area contributed by atoms with E-state index in [-0.39, 0.29) is 34.6 Å². The monoisotopic (exact) mass is 521 g/mol. The standard InChI is InChI=1S/C26H21ClFN5O4/c1-13-15-5-7-20(17(15)4-3-16(13)26(36)37)32-25(35)22-11-21(31-23-8-9-30-33(22)23)24(34)29-12-14-2-6-19(28)18(27)10-14/h2-4,6,8-11,20H,5,7,12H2,1H3,(H,29,34)(H,32,35)(H,36,37)/t20-/m0/s1. The highest BCUT2D eigenvalue weighted by Crippen LogP contribution is 2.35. The van der Waals surface area contributed by atoms with Crippen molar-refractivity contribution in [2.45, 2.75) is 32.4 Å². The van der Waals surface area contributed by atoms with Crippen LogP contribution in [0, 0.1) is 12.7 Å². The van der Waals surface area contributed by atoms with Crippen LogP contribution in [0.3, 0.4) is 0 Å². The SMILES string of the molecule is Cc1c(C(=O)O)ccc2c1CC[C@@H]2NC(=O)c1cc(C(=O)NCc2ccc(F)c(Cl)c2)nc2ccnn12. The molecule has 1 aliphatic carbocycles. The molecule has 2 amide bonds. The van der Waals surface area contributed by atoms with Crippen molar-refractivity contribution in [2.75, 3.05) is 0 Å². The lowest BCUT2D eigenvalue weighted by molar-refractivity contribution is 0.0695. The molecule has 0 saturated carbocycles. The molecule has 0 aliphatic heterocycles. The number of hydrogen-bond donors (Lipinski definition) is 3. The van der Waals surface area contributed by atoms with Crippen molar-refractivity contribution < 1.29 is 23.9 Å². The van der Waals surface area contributed by atoms with Gasteiger partial charge in [0, 0.05) is 18.7 Å². The van der Waals surface area contributed by atoms with E-state index >= 15 is 0 Å². The van der Waals surface area contributed by atoms with Gasteiger partial charge in [-0.25, -0.2) is 18.7 Å². The second-order valence-corrected chi connectivity index (χ2v) is 9.14. The molecular weight excluding hydrogens is 501 g/mol. The van der Waals surface area contributed by atoms with Crippen LogP contribution in [-0.2, 0) is 13.0 Å². The first-order valence-electron chi connectivity index (χ1n) is 11.5. The molecule has 2 heterocycles. The van der Waals surface area contributed by atoms with Crippen molar-refractivity contribution in [3.8, 4) is 0 Å². The van der Waals surface area contributed by atoms with E-state index < -0.39 is 23.6 Å². The summed E-state index contributed by atoms with van der Waals surface area (Å²) in [7, 11) is 0. The van der Waals surface area contributed by atoms with Gasteiger partial charge in [0.15, 0.2) is 5.65 Å². The van der Waals surface area contributed by atoms with E-state index in [4.69, 9.17) is 11.6 Å². The Bertz CT molecular complexity index is 1580. The summed E-state index contributed by atoms with van der Waals surface area (Å²) in [6.45, 7) is 1.86. The van der Waals surface area contributed by atoms with Gasteiger partial charge in [-0.15, -0.1) is 0 Å². The molecular formula is C26H21ClFN5O4. The molecule has 5 rings (SSSR count). The van der Waals surface area contributed by atoms with Crippen molar-refractivity contribution in [1.29, 1.82) is 0 Å². The number of fused-ring (bicyclic) bond motifs is 2. The second-order valence-electron chi connectivity index (χ2n) is 8.73. The van der Waals surface area contributed by atoms with Crippen molar-refractivity contribution >= 4 is 35.0 Å². The van der Waals surface area contributed by atoms with Crippen LogP contribution in [0.1, 0.15) is 66.1 Å². The smallest absolute Gasteiger partial charge is 0.335 e. The van der Waals surface area contributed by atoms with Gasteiger partial charge in [-0.2, -0.15) is 5.10 Å². The summed E-state index contributed by atoms with van der Waals surface area (Å²) >= 11 is 5.81. The molecule has 0 fully saturated rings. The van der Waals surface area contributed by atoms with E-state index in [2.05, 4.69) is 20.7 Å². The maximum absolute atomic E-state index is 13.4. The number of aromatic carboxylic acids is 1. The molecule has 37 heavy (non-hydrogen) atoms. The van der Waals surface area contributed by atoms with Crippen LogP contribution in [0.4, 0.5) is 4.39 Å². The number of carbonyl (C=O) groups excluding carboxylic acids is 2. The summed E-state index contributed by atoms with van der Waals surface area (Å²) in [5.41, 5.74) is 3.79. The molecule has 1 aliphatic rings. The second kappa shape index (κ2) is 9.62. The Labute approximate surface area is 215 Å². The number of carboxylic acid groups (broad SMARTS) is 1. The van der Waals surface area contributed by atoms with E-state index in [0.29, 0.717) is 29.6 Å². The first-order chi connectivity index (χ1) is 17.7. The lowest BCUT2D eigenvalue weighted by Crippen LogP contribution is -2.30. The van der Waals surface area contributed by atoms with Gasteiger partial charge < -0.3 is 15.7 Å². The molecule has 2 aromatic carbocycles. The summed E-state index contributed by atoms with van der Waals surface area (Å²) in [5, 5.41) is 19.2. The molecule has 0 spiro atoms. The Hall–Kier alpha value is -4.31. The molecule has 11 heteroatoms. The minimum Gasteiger partial charge on any atom is -0.478 e. The van der Waals surface area contributed by atoms with Crippen LogP contribution in [0.25, 0.3) is 5.65 Å². The predicted octanol–water partition coefficient (Wildman–Crippen LogP) is 3.88. The van der Waals surface area contributed by atoms with Crippen LogP contribution in [0.5, 0.6) is 0 Å². The molecule has 4 aromatic rings. The molecule has 188 valence electrons. The Kier molecular flexibility index (Phi) is 6.34. The predicted molar refractivity (Wildman–Crippen MR) is 132 cm³/mol. The molecule has 9 nitrogen and oxygen atoms in total. The van der Waals surface area contributed by atoms with Gasteiger partial charge in [-0.1, -0.05) is 23.7 Å². The van der Waals surface area contributed by atoms with E-state index in [9.17, 15) is 23.9 Å². The number of amides is 2. The Morgan fingerprint density at radius 1 is 1.16 bits per heavy atom. The van der Waals surface area contributed by atoms with Crippen LogP contribution >= 0.6 is 11.6 Å². The van der Waals surface area contributed by atoms with Gasteiger partial charge in [0.1, 0.15) is 17.2 Å². The third kappa shape index (κ3) is 4.63. The number of rotatable bonds is 6. The van der Waals surface area contributed by atoms with E-state index in [0.717, 1.165) is 11.1 Å². The summed E-state index contributed by atoms with van der Waals surface area (Å²) in [6.07, 6.45) is 2.73. The zero-order chi connectivity index (χ0) is 26.3. The number of aromatic nitrogens is 3. The topological polar surface area (TPSA) is 126 Å². The Morgan fingerprint density at radius 3 is 2.73 bits per heavy atom. The first kappa shape index (κ1) is 24.4. The largest absolute Gasteiger partial charge is 0.478 e. The summed E-state index contributed by atoms with van der Waals surface area (Å²) in [5.74, 6) is -2.52. The van der Waals surface area contributed by atoms with Gasteiger partial charge in [0.05, 0.1) is 22.8 Å². The van der Waals surface area contributed by atoms with Gasteiger partial charge in [0.2, 0.25) is 0 Å². The highest BCUT2D eigenvalue weighted by Gasteiger charge is 2.28. The average Bonchev–Trinajstić information content (AvgIpc) is 3.51. The average molecular weight is 522 g/mol. The number of nitrogens with one attached hydrogen (secondary N) is 2. The number of benzene rings is 2. The molecule has 3 N–H and O–H groups in total. The van der Waals surface area contributed by atoms with E-state index in [1.165, 1.54) is 35.0 Å². The van der Waals surface area contributed by atoms with Gasteiger partial charge in [0.25, 0.3) is 11.8 Å². The summed E-state index contributed by atoms with van der Waals surface area (Å²) in [6, 6.07) is 10.1. The summed E-state index contributed by atoms with van der Waals surface area (Å²) < 4.78 is 14.7. The van der Waals surface area contributed by atoms with Gasteiger partial charge in [-0.05, 0) is 60.2 Å². The third-order valence-corrected chi connectivity index (χ3v) is 6.78. The maximum atomic E-state index is 13.4. The molecule has 0 bridgehead atoms. The number of carbonyl (C=O) groups is 3. The molecule has 1 atom stereocenters. The fraction of sp³-hybridized carbons (Fsp3) is 0.192. The lowest BCUT2D eigenvalue weighted by atomic mass is 9.98. The summed E-state index contributed by atoms with van der Waals surface area (Å²) in [4.78, 5) is 41.9. The normalized spacial score (nSPS) is 14.4. The minimum absolute atomic E-state index is 0.0140. The zero-order valence-electron chi connectivity index (χ0n) is 19.6. The Morgan fingerprint density at radius 2 is 1.97 bits per heavy atom. The quantitative estimate of drug-likeness (QED) is 0.353. The number of halogens is 2. The van der Waals surface area contributed by atoms with E-state index in [1.54, 1.807) is 25.1 Å². The number of carboxylic acids is 1. The molecule has 2 aromatic heterocycles. The van der Waals surface area contributed by atoms with Crippen LogP contribution < -0.4 is 10.6 Å². The molecule has 0 saturated heterocycles. The van der Waals surface area contributed by atoms with Crippen molar-refractivity contribution in [3.05, 3.63) is 98.7 Å². The molecule has 0 radical (unpaired) electrons. The van der Waals surface area contributed by atoms with Gasteiger partial charge in [-0.3, -0.25) is 9.59 Å². The highest BCUT2D eigenvalue weighted by atomic mass is 35.5. The van der Waals surface area contributed by atoms with Crippen molar-refractivity contribution in [1.82, 2.24) is 25.2 Å². The number of nitrogens with zero attached hydrogens (tertiary/aromatic N) is 3. The number of hydrogen-bond acceptors (Lipinski definition) is 5. The Balaban J connectivity index is 1.37. The maximum Gasteiger partial charge on any atom is 0.335 e. The van der Waals surface area contributed by atoms with Crippen LogP contribution in [0.15, 0.2) is 48.7 Å². The van der Waals surface area contributed by atoms with Crippen molar-refractivity contribution in [2.24, 2.45) is 0 Å². The minimum atomic E-state index is -0.987. The highest BCUT2D eigenvalue weighted by molar-refractivity contribution is 6.30. The lowest BCUT2D eigenvalue weighted by Gasteiger charge is -2.16. The fourth-order valence-corrected chi connectivity index (χ4v) is 4.81.